The second-order valence-electron chi connectivity index (χ2n) is 4.86. The van der Waals surface area contributed by atoms with Gasteiger partial charge in [-0.3, -0.25) is 4.79 Å². The molecule has 1 aliphatic heterocycles. The maximum Gasteiger partial charge on any atom is 0.573 e. The third-order valence-electron chi connectivity index (χ3n) is 3.12. The first-order chi connectivity index (χ1) is 11.3. The summed E-state index contributed by atoms with van der Waals surface area (Å²) in [7, 11) is 0. The number of carbonyl (C=O) groups is 1. The molecule has 1 aromatic rings. The molecule has 1 heterocycles. The molecule has 0 spiro atoms. The number of hydrogen-bond acceptors (Lipinski definition) is 4. The van der Waals surface area contributed by atoms with Gasteiger partial charge in [0.25, 0.3) is 0 Å². The van der Waals surface area contributed by atoms with Gasteiger partial charge in [0.15, 0.2) is 11.7 Å². The summed E-state index contributed by atoms with van der Waals surface area (Å²) in [4.78, 5) is 17.3. The minimum Gasteiger partial charge on any atom is -0.404 e. The van der Waals surface area contributed by atoms with E-state index in [0.717, 1.165) is 6.07 Å². The molecule has 140 valence electrons. The predicted molar refractivity (Wildman–Crippen MR) is 96.1 cm³/mol. The Hall–Kier alpha value is -1.76. The number of rotatable bonds is 4. The third kappa shape index (κ3) is 7.34. The largest absolute Gasteiger partial charge is 0.573 e. The molecule has 25 heavy (non-hydrogen) atoms. The van der Waals surface area contributed by atoms with Crippen LogP contribution >= 0.6 is 24.0 Å². The van der Waals surface area contributed by atoms with Crippen LogP contribution in [0.3, 0.4) is 0 Å². The van der Waals surface area contributed by atoms with E-state index in [4.69, 9.17) is 10.5 Å². The highest BCUT2D eigenvalue weighted by molar-refractivity contribution is 14.0. The normalized spacial score (nSPS) is 15.3. The zero-order valence-corrected chi connectivity index (χ0v) is 15.4. The number of amides is 1. The molecular weight excluding hydrogens is 456 g/mol. The molecule has 0 saturated carbocycles. The molecule has 1 aliphatic rings. The highest BCUT2D eigenvalue weighted by Crippen LogP contribution is 2.29. The Kier molecular flexibility index (Phi) is 8.22. The first-order valence-corrected chi connectivity index (χ1v) is 7.12. The monoisotopic (exact) mass is 474 g/mol. The van der Waals surface area contributed by atoms with Crippen LogP contribution in [0.5, 0.6) is 5.75 Å². The maximum atomic E-state index is 12.3. The van der Waals surface area contributed by atoms with Gasteiger partial charge < -0.3 is 25.4 Å². The lowest BCUT2D eigenvalue weighted by Crippen LogP contribution is -2.42. The van der Waals surface area contributed by atoms with Gasteiger partial charge in [0.2, 0.25) is 5.91 Å². The van der Waals surface area contributed by atoms with Gasteiger partial charge in [0.05, 0.1) is 18.9 Å². The second kappa shape index (κ2) is 9.65. The Bertz CT molecular complexity index is 607. The molecule has 11 heteroatoms. The van der Waals surface area contributed by atoms with Crippen molar-refractivity contribution in [2.75, 3.05) is 38.2 Å². The minimum absolute atomic E-state index is 0. The first-order valence-electron chi connectivity index (χ1n) is 7.12. The van der Waals surface area contributed by atoms with Crippen LogP contribution in [-0.2, 0) is 9.53 Å². The third-order valence-corrected chi connectivity index (χ3v) is 3.12. The summed E-state index contributed by atoms with van der Waals surface area (Å²) in [5.74, 6) is -0.861. The minimum atomic E-state index is -4.82. The molecule has 0 radical (unpaired) electrons. The van der Waals surface area contributed by atoms with Gasteiger partial charge in [-0.2, -0.15) is 0 Å². The van der Waals surface area contributed by atoms with Gasteiger partial charge in [-0.25, -0.2) is 4.99 Å². The second-order valence-corrected chi connectivity index (χ2v) is 4.86. The summed E-state index contributed by atoms with van der Waals surface area (Å²) >= 11 is 0. The highest BCUT2D eigenvalue weighted by atomic mass is 127. The van der Waals surface area contributed by atoms with Crippen molar-refractivity contribution in [3.8, 4) is 5.75 Å². The van der Waals surface area contributed by atoms with Crippen LogP contribution in [0.25, 0.3) is 0 Å². The van der Waals surface area contributed by atoms with Crippen LogP contribution in [0, 0.1) is 0 Å². The van der Waals surface area contributed by atoms with Crippen LogP contribution in [-0.4, -0.2) is 56.0 Å². The molecule has 2 rings (SSSR count). The number of ether oxygens (including phenoxy) is 2. The molecule has 0 aromatic heterocycles. The molecule has 1 saturated heterocycles. The van der Waals surface area contributed by atoms with Gasteiger partial charge in [-0.1, -0.05) is 12.1 Å². The lowest BCUT2D eigenvalue weighted by Gasteiger charge is -2.26. The zero-order chi connectivity index (χ0) is 17.6. The van der Waals surface area contributed by atoms with Gasteiger partial charge in [0, 0.05) is 13.1 Å². The Morgan fingerprint density at radius 1 is 1.32 bits per heavy atom. The van der Waals surface area contributed by atoms with E-state index in [0.29, 0.717) is 26.3 Å². The number of anilines is 1. The van der Waals surface area contributed by atoms with E-state index in [1.54, 1.807) is 4.90 Å². The SMILES string of the molecule is I.NC(=NCC(=O)N1CCOCC1)Nc1ccccc1OC(F)(F)F. The zero-order valence-electron chi connectivity index (χ0n) is 13.1. The molecule has 7 nitrogen and oxygen atoms in total. The molecule has 1 amide bonds. The Balaban J connectivity index is 0.00000312. The maximum absolute atomic E-state index is 12.3. The van der Waals surface area contributed by atoms with Crippen LogP contribution in [0.4, 0.5) is 18.9 Å². The van der Waals surface area contributed by atoms with Crippen LogP contribution < -0.4 is 15.8 Å². The number of guanidine groups is 1. The fraction of sp³-hybridized carbons (Fsp3) is 0.429. The van der Waals surface area contributed by atoms with Gasteiger partial charge in [-0.15, -0.1) is 37.1 Å². The number of nitrogens with one attached hydrogen (secondary N) is 1. The molecule has 0 aliphatic carbocycles. The summed E-state index contributed by atoms with van der Waals surface area (Å²) in [6, 6.07) is 5.40. The van der Waals surface area contributed by atoms with Crippen molar-refractivity contribution in [1.82, 2.24) is 4.90 Å². The fourth-order valence-electron chi connectivity index (χ4n) is 2.03. The van der Waals surface area contributed by atoms with Gasteiger partial charge >= 0.3 is 6.36 Å². The van der Waals surface area contributed by atoms with Crippen molar-refractivity contribution in [2.24, 2.45) is 10.7 Å². The number of nitrogens with two attached hydrogens (primary N) is 1. The number of morpholine rings is 1. The lowest BCUT2D eigenvalue weighted by molar-refractivity contribution is -0.274. The number of hydrogen-bond donors (Lipinski definition) is 2. The quantitative estimate of drug-likeness (QED) is 0.395. The van der Waals surface area contributed by atoms with Gasteiger partial charge in [-0.05, 0) is 12.1 Å². The van der Waals surface area contributed by atoms with E-state index in [2.05, 4.69) is 15.0 Å². The van der Waals surface area contributed by atoms with E-state index < -0.39 is 12.1 Å². The molecule has 1 aromatic carbocycles. The summed E-state index contributed by atoms with van der Waals surface area (Å²) in [5, 5.41) is 2.50. The Morgan fingerprint density at radius 3 is 2.60 bits per heavy atom. The van der Waals surface area contributed by atoms with E-state index in [9.17, 15) is 18.0 Å². The number of aliphatic imine (C=N–C) groups is 1. The number of carbonyl (C=O) groups excluding carboxylic acids is 1. The molecule has 0 bridgehead atoms. The number of halogens is 4. The lowest BCUT2D eigenvalue weighted by atomic mass is 10.3. The molecule has 1 fully saturated rings. The number of benzene rings is 1. The standard InChI is InChI=1S/C14H17F3N4O3.HI/c15-14(16,17)24-11-4-2-1-3-10(11)20-13(18)19-9-12(22)21-5-7-23-8-6-21;/h1-4H,5-9H2,(H3,18,19,20);1H. The van der Waals surface area contributed by atoms with Crippen LogP contribution in [0.2, 0.25) is 0 Å². The Morgan fingerprint density at radius 2 is 1.96 bits per heavy atom. The van der Waals surface area contributed by atoms with Crippen molar-refractivity contribution < 1.29 is 27.4 Å². The van der Waals surface area contributed by atoms with Crippen molar-refractivity contribution in [1.29, 1.82) is 0 Å². The average molecular weight is 474 g/mol. The summed E-state index contributed by atoms with van der Waals surface area (Å²) in [6.07, 6.45) is -4.82. The van der Waals surface area contributed by atoms with Crippen LogP contribution in [0.1, 0.15) is 0 Å². The first kappa shape index (κ1) is 21.3. The molecule has 0 atom stereocenters. The fourth-order valence-corrected chi connectivity index (χ4v) is 2.03. The van der Waals surface area contributed by atoms with E-state index in [-0.39, 0.29) is 48.1 Å². The van der Waals surface area contributed by atoms with E-state index >= 15 is 0 Å². The predicted octanol–water partition coefficient (Wildman–Crippen LogP) is 1.79. The number of nitrogens with zero attached hydrogens (tertiary/aromatic N) is 2. The van der Waals surface area contributed by atoms with E-state index in [1.165, 1.54) is 18.2 Å². The molecule has 0 unspecified atom stereocenters. The number of para-hydroxylation sites is 2. The Labute approximate surface area is 159 Å². The summed E-state index contributed by atoms with van der Waals surface area (Å²) < 4.78 is 46.1. The topological polar surface area (TPSA) is 89.2 Å². The van der Waals surface area contributed by atoms with E-state index in [1.807, 2.05) is 0 Å². The van der Waals surface area contributed by atoms with Gasteiger partial charge in [0.1, 0.15) is 6.54 Å². The summed E-state index contributed by atoms with van der Waals surface area (Å²) in [5.41, 5.74) is 5.62. The van der Waals surface area contributed by atoms with Crippen molar-refractivity contribution in [3.05, 3.63) is 24.3 Å². The molecule has 3 N–H and O–H groups in total. The molecular formula is C14H18F3IN4O3. The highest BCUT2D eigenvalue weighted by Gasteiger charge is 2.32. The smallest absolute Gasteiger partial charge is 0.404 e. The van der Waals surface area contributed by atoms with Crippen LogP contribution in [0.15, 0.2) is 29.3 Å². The average Bonchev–Trinajstić information content (AvgIpc) is 2.54. The van der Waals surface area contributed by atoms with Crippen molar-refractivity contribution >= 4 is 41.5 Å². The van der Waals surface area contributed by atoms with Crippen molar-refractivity contribution in [2.45, 2.75) is 6.36 Å². The van der Waals surface area contributed by atoms with Crippen molar-refractivity contribution in [3.63, 3.8) is 0 Å². The number of alkyl halides is 3. The summed E-state index contributed by atoms with van der Waals surface area (Å²) in [6.45, 7) is 1.67.